The second-order valence-electron chi connectivity index (χ2n) is 7.97. The third-order valence-electron chi connectivity index (χ3n) is 5.85. The molecule has 6 aromatic rings. The molecule has 0 amide bonds. The van der Waals surface area contributed by atoms with Gasteiger partial charge in [-0.05, 0) is 17.7 Å². The first-order valence-corrected chi connectivity index (χ1v) is 11.1. The molecule has 8 nitrogen and oxygen atoms in total. The highest BCUT2D eigenvalue weighted by Crippen LogP contribution is 2.34. The van der Waals surface area contributed by atoms with Gasteiger partial charge in [-0.15, -0.1) is 10.2 Å². The van der Waals surface area contributed by atoms with Crippen molar-refractivity contribution in [2.24, 2.45) is 0 Å². The Morgan fingerprint density at radius 2 is 1.54 bits per heavy atom. The lowest BCUT2D eigenvalue weighted by molar-refractivity contribution is 0.355. The molecule has 0 unspecified atom stereocenters. The number of para-hydroxylation sites is 1. The van der Waals surface area contributed by atoms with Crippen LogP contribution in [0.15, 0.2) is 71.1 Å². The summed E-state index contributed by atoms with van der Waals surface area (Å²) < 4.78 is 18.9. The molecule has 172 valence electrons. The van der Waals surface area contributed by atoms with Gasteiger partial charge in [0.1, 0.15) is 12.1 Å². The van der Waals surface area contributed by atoms with Crippen LogP contribution in [-0.2, 0) is 6.54 Å². The maximum Gasteiger partial charge on any atom is 0.240 e. The number of rotatable bonds is 6. The van der Waals surface area contributed by atoms with E-state index in [0.717, 1.165) is 33.1 Å². The van der Waals surface area contributed by atoms with E-state index in [9.17, 15) is 0 Å². The van der Waals surface area contributed by atoms with Crippen LogP contribution in [0.4, 0.5) is 0 Å². The van der Waals surface area contributed by atoms with Crippen LogP contribution in [0.3, 0.4) is 0 Å². The van der Waals surface area contributed by atoms with Crippen LogP contribution in [-0.4, -0.2) is 39.0 Å². The van der Waals surface area contributed by atoms with Gasteiger partial charge in [-0.1, -0.05) is 48.5 Å². The minimum atomic E-state index is 0.365. The van der Waals surface area contributed by atoms with E-state index >= 15 is 0 Å². The predicted molar refractivity (Wildman–Crippen MR) is 134 cm³/mol. The van der Waals surface area contributed by atoms with Crippen molar-refractivity contribution in [2.45, 2.75) is 6.54 Å². The van der Waals surface area contributed by atoms with E-state index in [1.165, 1.54) is 0 Å². The summed E-state index contributed by atoms with van der Waals surface area (Å²) in [5.74, 6) is 2.13. The van der Waals surface area contributed by atoms with Crippen LogP contribution in [0.1, 0.15) is 17.3 Å². The van der Waals surface area contributed by atoms with E-state index in [1.54, 1.807) is 14.2 Å². The molecule has 0 fully saturated rings. The molecule has 8 heteroatoms. The van der Waals surface area contributed by atoms with Crippen molar-refractivity contribution >= 4 is 45.3 Å². The van der Waals surface area contributed by atoms with Gasteiger partial charge in [0.2, 0.25) is 11.8 Å². The fraction of sp³-hybridized carbons (Fsp3) is 0.111. The van der Waals surface area contributed by atoms with Gasteiger partial charge in [0.25, 0.3) is 0 Å². The minimum absolute atomic E-state index is 0.365. The SMILES string of the molecule is COc1cc2nc3c4ccccc4n(Cc4nnc(/C=C/c5ccccc5)o4)c3nc2cc1OC. The number of benzene rings is 3. The Morgan fingerprint density at radius 3 is 2.31 bits per heavy atom. The van der Waals surface area contributed by atoms with Gasteiger partial charge >= 0.3 is 0 Å². The number of ether oxygens (including phenoxy) is 2. The number of aromatic nitrogens is 5. The zero-order valence-corrected chi connectivity index (χ0v) is 19.2. The number of hydrogen-bond donors (Lipinski definition) is 0. The van der Waals surface area contributed by atoms with Gasteiger partial charge < -0.3 is 18.5 Å². The summed E-state index contributed by atoms with van der Waals surface area (Å²) in [6.45, 7) is 0.365. The van der Waals surface area contributed by atoms with Gasteiger partial charge in [0.15, 0.2) is 17.1 Å². The van der Waals surface area contributed by atoms with Gasteiger partial charge in [0.05, 0.1) is 30.8 Å². The first kappa shape index (κ1) is 20.9. The number of nitrogens with zero attached hydrogens (tertiary/aromatic N) is 5. The Morgan fingerprint density at radius 1 is 0.829 bits per heavy atom. The average molecular weight is 463 g/mol. The molecule has 0 spiro atoms. The van der Waals surface area contributed by atoms with Gasteiger partial charge in [0, 0.05) is 23.6 Å². The van der Waals surface area contributed by atoms with Crippen LogP contribution >= 0.6 is 0 Å². The van der Waals surface area contributed by atoms with E-state index in [1.807, 2.05) is 83.4 Å². The predicted octanol–water partition coefficient (Wildman–Crippen LogP) is 5.36. The van der Waals surface area contributed by atoms with Crippen LogP contribution in [0.5, 0.6) is 11.5 Å². The third-order valence-corrected chi connectivity index (χ3v) is 5.85. The van der Waals surface area contributed by atoms with E-state index in [0.29, 0.717) is 35.3 Å². The van der Waals surface area contributed by atoms with Crippen molar-refractivity contribution in [1.29, 1.82) is 0 Å². The average Bonchev–Trinajstić information content (AvgIpc) is 3.48. The molecule has 0 saturated carbocycles. The molecule has 0 aliphatic rings. The van der Waals surface area contributed by atoms with Crippen LogP contribution in [0.2, 0.25) is 0 Å². The van der Waals surface area contributed by atoms with Crippen molar-refractivity contribution in [3.63, 3.8) is 0 Å². The molecule has 3 aromatic carbocycles. The number of fused-ring (bicyclic) bond motifs is 4. The van der Waals surface area contributed by atoms with Crippen molar-refractivity contribution in [1.82, 2.24) is 24.7 Å². The van der Waals surface area contributed by atoms with Crippen LogP contribution in [0.25, 0.3) is 45.3 Å². The molecule has 0 saturated heterocycles. The summed E-state index contributed by atoms with van der Waals surface area (Å²) in [4.78, 5) is 9.86. The molecule has 0 aliphatic heterocycles. The Labute approximate surface area is 200 Å². The summed E-state index contributed by atoms with van der Waals surface area (Å²) in [5, 5.41) is 9.43. The lowest BCUT2D eigenvalue weighted by Crippen LogP contribution is -2.02. The highest BCUT2D eigenvalue weighted by atomic mass is 16.5. The monoisotopic (exact) mass is 463 g/mol. The van der Waals surface area contributed by atoms with Crippen LogP contribution in [0, 0.1) is 0 Å². The van der Waals surface area contributed by atoms with E-state index in [-0.39, 0.29) is 0 Å². The first-order chi connectivity index (χ1) is 17.2. The molecule has 0 N–H and O–H groups in total. The van der Waals surface area contributed by atoms with Crippen LogP contribution < -0.4 is 9.47 Å². The normalized spacial score (nSPS) is 11.7. The zero-order valence-electron chi connectivity index (χ0n) is 19.2. The van der Waals surface area contributed by atoms with Gasteiger partial charge in [-0.2, -0.15) is 0 Å². The van der Waals surface area contributed by atoms with Crippen molar-refractivity contribution < 1.29 is 13.9 Å². The lowest BCUT2D eigenvalue weighted by Gasteiger charge is -2.09. The summed E-state index contributed by atoms with van der Waals surface area (Å²) in [6.07, 6.45) is 3.75. The van der Waals surface area contributed by atoms with E-state index < -0.39 is 0 Å². The molecule has 0 aliphatic carbocycles. The topological polar surface area (TPSA) is 88.1 Å². The molecular formula is C27H21N5O3. The molecule has 35 heavy (non-hydrogen) atoms. The summed E-state index contributed by atoms with van der Waals surface area (Å²) in [7, 11) is 3.21. The standard InChI is InChI=1S/C27H21N5O3/c1-33-22-14-19-20(15-23(22)34-2)29-27-26(28-19)18-10-6-7-11-21(18)32(27)16-25-31-30-24(35-25)13-12-17-8-4-3-5-9-17/h3-15H,16H2,1-2H3/b13-12+. The minimum Gasteiger partial charge on any atom is -0.493 e. The zero-order chi connectivity index (χ0) is 23.8. The Kier molecular flexibility index (Phi) is 5.11. The maximum absolute atomic E-state index is 5.92. The maximum atomic E-state index is 5.92. The Balaban J connectivity index is 1.44. The summed E-state index contributed by atoms with van der Waals surface area (Å²) in [6, 6.07) is 21.7. The molecule has 0 atom stereocenters. The smallest absolute Gasteiger partial charge is 0.240 e. The molecule has 3 aromatic heterocycles. The number of hydrogen-bond acceptors (Lipinski definition) is 7. The van der Waals surface area contributed by atoms with Gasteiger partial charge in [-0.3, -0.25) is 0 Å². The molecular weight excluding hydrogens is 442 g/mol. The molecule has 3 heterocycles. The van der Waals surface area contributed by atoms with Gasteiger partial charge in [-0.25, -0.2) is 9.97 Å². The van der Waals surface area contributed by atoms with E-state index in [2.05, 4.69) is 10.2 Å². The van der Waals surface area contributed by atoms with Crippen molar-refractivity contribution in [3.8, 4) is 11.5 Å². The number of methoxy groups -OCH3 is 2. The van der Waals surface area contributed by atoms with Crippen molar-refractivity contribution in [3.05, 3.63) is 84.1 Å². The van der Waals surface area contributed by atoms with Crippen molar-refractivity contribution in [2.75, 3.05) is 14.2 Å². The fourth-order valence-corrected chi connectivity index (χ4v) is 4.19. The molecule has 0 bridgehead atoms. The quantitative estimate of drug-likeness (QED) is 0.329. The second-order valence-corrected chi connectivity index (χ2v) is 7.97. The first-order valence-electron chi connectivity index (χ1n) is 11.1. The summed E-state index contributed by atoms with van der Waals surface area (Å²) >= 11 is 0. The lowest BCUT2D eigenvalue weighted by atomic mass is 10.2. The molecule has 6 rings (SSSR count). The third kappa shape index (κ3) is 3.74. The highest BCUT2D eigenvalue weighted by molar-refractivity contribution is 6.06. The van der Waals surface area contributed by atoms with E-state index in [4.69, 9.17) is 23.9 Å². The Bertz CT molecular complexity index is 1700. The Hall–Kier alpha value is -4.72. The highest BCUT2D eigenvalue weighted by Gasteiger charge is 2.18. The summed E-state index contributed by atoms with van der Waals surface area (Å²) in [5.41, 5.74) is 5.00. The largest absolute Gasteiger partial charge is 0.493 e. The second kappa shape index (κ2) is 8.57. The molecule has 0 radical (unpaired) electrons. The fourth-order valence-electron chi connectivity index (χ4n) is 4.19.